The predicted octanol–water partition coefficient (Wildman–Crippen LogP) is 3.33. The van der Waals surface area contributed by atoms with Gasteiger partial charge in [0.2, 0.25) is 0 Å². The van der Waals surface area contributed by atoms with Crippen molar-refractivity contribution in [1.82, 2.24) is 0 Å². The van der Waals surface area contributed by atoms with E-state index in [2.05, 4.69) is 0 Å². The first kappa shape index (κ1) is 17.3. The molecule has 0 bridgehead atoms. The second-order valence-electron chi connectivity index (χ2n) is 4.92. The number of hydrogen-bond acceptors (Lipinski definition) is 4. The third-order valence-corrected chi connectivity index (χ3v) is 3.14. The minimum absolute atomic E-state index is 0.410. The molecule has 1 N–H and O–H groups in total. The van der Waals surface area contributed by atoms with Crippen LogP contribution in [0.4, 0.5) is 0 Å². The van der Waals surface area contributed by atoms with Gasteiger partial charge in [0, 0.05) is 0 Å². The van der Waals surface area contributed by atoms with Crippen molar-refractivity contribution in [2.75, 3.05) is 6.61 Å². The minimum Gasteiger partial charge on any atom is -0.490 e. The molecule has 0 spiro atoms. The van der Waals surface area contributed by atoms with Gasteiger partial charge in [-0.05, 0) is 36.3 Å². The van der Waals surface area contributed by atoms with Crippen LogP contribution in [0.15, 0.2) is 54.6 Å². The lowest BCUT2D eigenvalue weighted by molar-refractivity contribution is -0.146. The molecule has 5 heteroatoms. The molecule has 0 aliphatic rings. The summed E-state index contributed by atoms with van der Waals surface area (Å²) in [6, 6.07) is 14.9. The molecule has 124 valence electrons. The summed E-state index contributed by atoms with van der Waals surface area (Å²) in [6.07, 6.45) is 2.44. The first-order valence-corrected chi connectivity index (χ1v) is 7.49. The van der Waals surface area contributed by atoms with Gasteiger partial charge < -0.3 is 14.6 Å². The van der Waals surface area contributed by atoms with E-state index in [1.807, 2.05) is 37.3 Å². The standard InChI is InChI=1S/C19H18O5/c1-2-23-18-12-14(8-10-16(20)19(21)22)9-11-17(18)24-13-15-6-4-3-5-7-15/h3-12H,2,13H2,1H3,(H,21,22)/b10-8+. The average Bonchev–Trinajstić information content (AvgIpc) is 2.60. The first-order chi connectivity index (χ1) is 11.6. The van der Waals surface area contributed by atoms with Gasteiger partial charge in [-0.15, -0.1) is 0 Å². The Morgan fingerprint density at radius 1 is 1.04 bits per heavy atom. The van der Waals surface area contributed by atoms with E-state index in [4.69, 9.17) is 14.6 Å². The second kappa shape index (κ2) is 8.53. The second-order valence-corrected chi connectivity index (χ2v) is 4.92. The van der Waals surface area contributed by atoms with Crippen molar-refractivity contribution in [3.8, 4) is 11.5 Å². The Hall–Kier alpha value is -3.08. The molecule has 0 aliphatic carbocycles. The maximum atomic E-state index is 11.1. The van der Waals surface area contributed by atoms with Crippen LogP contribution in [0, 0.1) is 0 Å². The van der Waals surface area contributed by atoms with E-state index in [1.165, 1.54) is 6.08 Å². The fourth-order valence-electron chi connectivity index (χ4n) is 1.99. The van der Waals surface area contributed by atoms with Gasteiger partial charge in [0.25, 0.3) is 5.78 Å². The van der Waals surface area contributed by atoms with Crippen LogP contribution in [-0.4, -0.2) is 23.5 Å². The number of carboxylic acid groups (broad SMARTS) is 1. The molecule has 0 heterocycles. The zero-order chi connectivity index (χ0) is 17.4. The van der Waals surface area contributed by atoms with Crippen molar-refractivity contribution in [1.29, 1.82) is 0 Å². The number of carboxylic acids is 1. The van der Waals surface area contributed by atoms with Gasteiger partial charge in [0.05, 0.1) is 6.61 Å². The molecule has 0 aromatic heterocycles. The Kier molecular flexibility index (Phi) is 6.14. The van der Waals surface area contributed by atoms with Gasteiger partial charge in [-0.2, -0.15) is 0 Å². The predicted molar refractivity (Wildman–Crippen MR) is 90.1 cm³/mol. The van der Waals surface area contributed by atoms with Crippen LogP contribution < -0.4 is 9.47 Å². The summed E-state index contributed by atoms with van der Waals surface area (Å²) in [5.74, 6) is -1.34. The highest BCUT2D eigenvalue weighted by Gasteiger charge is 2.08. The lowest BCUT2D eigenvalue weighted by atomic mass is 10.1. The van der Waals surface area contributed by atoms with E-state index in [9.17, 15) is 9.59 Å². The lowest BCUT2D eigenvalue weighted by Gasteiger charge is -2.12. The molecule has 2 aromatic rings. The highest BCUT2D eigenvalue weighted by Crippen LogP contribution is 2.29. The zero-order valence-electron chi connectivity index (χ0n) is 13.3. The highest BCUT2D eigenvalue weighted by atomic mass is 16.5. The van der Waals surface area contributed by atoms with Gasteiger partial charge in [-0.25, -0.2) is 4.79 Å². The Morgan fingerprint density at radius 2 is 1.79 bits per heavy atom. The number of benzene rings is 2. The molecule has 0 saturated heterocycles. The highest BCUT2D eigenvalue weighted by molar-refractivity contribution is 6.38. The van der Waals surface area contributed by atoms with Crippen molar-refractivity contribution in [3.05, 3.63) is 65.7 Å². The molecule has 0 unspecified atom stereocenters. The topological polar surface area (TPSA) is 72.8 Å². The van der Waals surface area contributed by atoms with Crippen molar-refractivity contribution in [2.45, 2.75) is 13.5 Å². The van der Waals surface area contributed by atoms with Crippen LogP contribution in [0.25, 0.3) is 6.08 Å². The van der Waals surface area contributed by atoms with E-state index in [1.54, 1.807) is 18.2 Å². The Balaban J connectivity index is 2.14. The molecule has 2 aromatic carbocycles. The molecule has 0 aliphatic heterocycles. The van der Waals surface area contributed by atoms with E-state index >= 15 is 0 Å². The molecule has 24 heavy (non-hydrogen) atoms. The van der Waals surface area contributed by atoms with Crippen molar-refractivity contribution < 1.29 is 24.2 Å². The molecule has 0 atom stereocenters. The van der Waals surface area contributed by atoms with Gasteiger partial charge in [0.1, 0.15) is 6.61 Å². The largest absolute Gasteiger partial charge is 0.490 e. The fraction of sp³-hybridized carbons (Fsp3) is 0.158. The first-order valence-electron chi connectivity index (χ1n) is 7.49. The fourth-order valence-corrected chi connectivity index (χ4v) is 1.99. The van der Waals surface area contributed by atoms with Crippen molar-refractivity contribution in [3.63, 3.8) is 0 Å². The SMILES string of the molecule is CCOc1cc(/C=C/C(=O)C(=O)O)ccc1OCc1ccccc1. The number of hydrogen-bond donors (Lipinski definition) is 1. The summed E-state index contributed by atoms with van der Waals surface area (Å²) < 4.78 is 11.3. The number of ketones is 1. The maximum Gasteiger partial charge on any atom is 0.376 e. The number of ether oxygens (including phenoxy) is 2. The molecular formula is C19H18O5. The Morgan fingerprint density at radius 3 is 2.46 bits per heavy atom. The summed E-state index contributed by atoms with van der Waals surface area (Å²) in [5, 5.41) is 8.58. The van der Waals surface area contributed by atoms with E-state index in [0.717, 1.165) is 11.6 Å². The van der Waals surface area contributed by atoms with Crippen LogP contribution in [0.3, 0.4) is 0 Å². The molecule has 0 amide bonds. The van der Waals surface area contributed by atoms with E-state index in [-0.39, 0.29) is 0 Å². The Bertz CT molecular complexity index is 735. The average molecular weight is 326 g/mol. The molecule has 0 fully saturated rings. The zero-order valence-corrected chi connectivity index (χ0v) is 13.3. The molecule has 0 radical (unpaired) electrons. The third kappa shape index (κ3) is 4.98. The quantitative estimate of drug-likeness (QED) is 0.595. The van der Waals surface area contributed by atoms with Gasteiger partial charge in [-0.3, -0.25) is 4.79 Å². The normalized spacial score (nSPS) is 10.5. The van der Waals surface area contributed by atoms with Gasteiger partial charge in [0.15, 0.2) is 11.5 Å². The number of carbonyl (C=O) groups excluding carboxylic acids is 1. The van der Waals surface area contributed by atoms with Crippen LogP contribution in [0.1, 0.15) is 18.1 Å². The Labute approximate surface area is 140 Å². The summed E-state index contributed by atoms with van der Waals surface area (Å²) in [7, 11) is 0. The van der Waals surface area contributed by atoms with E-state index in [0.29, 0.717) is 30.3 Å². The summed E-state index contributed by atoms with van der Waals surface area (Å²) in [5.41, 5.74) is 1.69. The minimum atomic E-state index is -1.49. The van der Waals surface area contributed by atoms with Crippen LogP contribution in [0.2, 0.25) is 0 Å². The summed E-state index contributed by atoms with van der Waals surface area (Å²) in [4.78, 5) is 21.6. The molecule has 0 saturated carbocycles. The third-order valence-electron chi connectivity index (χ3n) is 3.14. The van der Waals surface area contributed by atoms with Gasteiger partial charge >= 0.3 is 5.97 Å². The summed E-state index contributed by atoms with van der Waals surface area (Å²) >= 11 is 0. The molecular weight excluding hydrogens is 308 g/mol. The van der Waals surface area contributed by atoms with E-state index < -0.39 is 11.8 Å². The molecule has 2 rings (SSSR count). The van der Waals surface area contributed by atoms with Gasteiger partial charge in [-0.1, -0.05) is 42.5 Å². The lowest BCUT2D eigenvalue weighted by Crippen LogP contribution is -2.08. The number of carbonyl (C=O) groups is 2. The summed E-state index contributed by atoms with van der Waals surface area (Å²) in [6.45, 7) is 2.73. The van der Waals surface area contributed by atoms with Crippen molar-refractivity contribution >= 4 is 17.8 Å². The van der Waals surface area contributed by atoms with Crippen LogP contribution in [-0.2, 0) is 16.2 Å². The number of aliphatic carboxylic acids is 1. The number of rotatable bonds is 8. The maximum absolute atomic E-state index is 11.1. The molecule has 5 nitrogen and oxygen atoms in total. The monoisotopic (exact) mass is 326 g/mol. The van der Waals surface area contributed by atoms with Crippen molar-refractivity contribution in [2.24, 2.45) is 0 Å². The van der Waals surface area contributed by atoms with Crippen LogP contribution in [0.5, 0.6) is 11.5 Å². The van der Waals surface area contributed by atoms with Crippen LogP contribution >= 0.6 is 0 Å². The smallest absolute Gasteiger partial charge is 0.376 e.